The van der Waals surface area contributed by atoms with E-state index in [1.165, 1.54) is 11.8 Å². The second-order valence-electron chi connectivity index (χ2n) is 2.86. The van der Waals surface area contributed by atoms with Crippen molar-refractivity contribution >= 4 is 23.7 Å². The lowest BCUT2D eigenvalue weighted by Gasteiger charge is -2.25. The summed E-state index contributed by atoms with van der Waals surface area (Å²) in [6, 6.07) is -0.392. The summed E-state index contributed by atoms with van der Waals surface area (Å²) in [6.07, 6.45) is 0. The molecule has 3 amide bonds. The molecule has 0 unspecified atom stereocenters. The second-order valence-corrected chi connectivity index (χ2v) is 3.87. The molecule has 64 valence electrons. The van der Waals surface area contributed by atoms with Crippen molar-refractivity contribution in [1.29, 1.82) is 0 Å². The Balaban J connectivity index is 2.24. The highest BCUT2D eigenvalue weighted by Gasteiger charge is 2.39. The fraction of sp³-hybridized carbons (Fsp3) is 0.429. The van der Waals surface area contributed by atoms with Crippen LogP contribution >= 0.6 is 11.8 Å². The molecule has 0 saturated carbocycles. The number of urea groups is 1. The van der Waals surface area contributed by atoms with Crippen LogP contribution in [0, 0.1) is 5.92 Å². The Kier molecular flexibility index (Phi) is 1.61. The zero-order chi connectivity index (χ0) is 8.72. The number of imide groups is 1. The van der Waals surface area contributed by atoms with Crippen molar-refractivity contribution in [2.75, 3.05) is 0 Å². The van der Waals surface area contributed by atoms with Gasteiger partial charge in [0.2, 0.25) is 5.91 Å². The van der Waals surface area contributed by atoms with Crippen molar-refractivity contribution in [2.24, 2.45) is 5.92 Å². The molecule has 4 nitrogen and oxygen atoms in total. The molecule has 2 aliphatic rings. The van der Waals surface area contributed by atoms with Crippen LogP contribution in [0.25, 0.3) is 0 Å². The molecule has 0 aromatic heterocycles. The highest BCUT2D eigenvalue weighted by molar-refractivity contribution is 8.03. The summed E-state index contributed by atoms with van der Waals surface area (Å²) in [4.78, 5) is 22.1. The van der Waals surface area contributed by atoms with Crippen LogP contribution in [0.15, 0.2) is 11.0 Å². The van der Waals surface area contributed by atoms with E-state index in [4.69, 9.17) is 0 Å². The topological polar surface area (TPSA) is 58.2 Å². The molecule has 0 bridgehead atoms. The first kappa shape index (κ1) is 7.67. The van der Waals surface area contributed by atoms with Crippen LogP contribution in [0.2, 0.25) is 0 Å². The van der Waals surface area contributed by atoms with Crippen LogP contribution < -0.4 is 10.6 Å². The third-order valence-corrected chi connectivity index (χ3v) is 3.18. The van der Waals surface area contributed by atoms with Crippen LogP contribution in [-0.2, 0) is 4.79 Å². The summed E-state index contributed by atoms with van der Waals surface area (Å²) in [7, 11) is 0. The Bertz CT molecular complexity index is 287. The van der Waals surface area contributed by atoms with Crippen molar-refractivity contribution in [3.8, 4) is 0 Å². The molecule has 2 atom stereocenters. The molecule has 5 heteroatoms. The zero-order valence-electron chi connectivity index (χ0n) is 6.46. The van der Waals surface area contributed by atoms with E-state index in [-0.39, 0.29) is 17.2 Å². The Morgan fingerprint density at radius 1 is 1.50 bits per heavy atom. The second kappa shape index (κ2) is 2.52. The fourth-order valence-electron chi connectivity index (χ4n) is 1.39. The van der Waals surface area contributed by atoms with Crippen molar-refractivity contribution in [1.82, 2.24) is 10.6 Å². The van der Waals surface area contributed by atoms with Gasteiger partial charge in [0.05, 0.1) is 11.3 Å². The van der Waals surface area contributed by atoms with Crippen molar-refractivity contribution < 1.29 is 9.59 Å². The first-order valence-corrected chi connectivity index (χ1v) is 4.56. The summed E-state index contributed by atoms with van der Waals surface area (Å²) in [5.74, 6) is -0.366. The summed E-state index contributed by atoms with van der Waals surface area (Å²) >= 11 is 1.49. The number of nitrogens with one attached hydrogen (secondary N) is 2. The molecule has 0 aliphatic carbocycles. The lowest BCUT2D eigenvalue weighted by Crippen LogP contribution is -2.55. The number of rotatable bonds is 0. The first-order valence-electron chi connectivity index (χ1n) is 3.62. The predicted octanol–water partition coefficient (Wildman–Crippen LogP) is 0.419. The van der Waals surface area contributed by atoms with Gasteiger partial charge in [-0.1, -0.05) is 5.57 Å². The number of thioether (sulfide) groups is 1. The van der Waals surface area contributed by atoms with Gasteiger partial charge >= 0.3 is 6.03 Å². The largest absolute Gasteiger partial charge is 0.325 e. The van der Waals surface area contributed by atoms with Crippen LogP contribution in [0.5, 0.6) is 0 Å². The molecular formula is C7H8N2O2S. The zero-order valence-corrected chi connectivity index (χ0v) is 7.27. The highest BCUT2D eigenvalue weighted by atomic mass is 32.2. The summed E-state index contributed by atoms with van der Waals surface area (Å²) in [5, 5.41) is 6.74. The molecule has 2 heterocycles. The van der Waals surface area contributed by atoms with Gasteiger partial charge in [-0.2, -0.15) is 0 Å². The minimum Gasteiger partial charge on any atom is -0.325 e. The average Bonchev–Trinajstić information content (AvgIpc) is 2.31. The molecule has 2 N–H and O–H groups in total. The van der Waals surface area contributed by atoms with E-state index in [9.17, 15) is 9.59 Å². The summed E-state index contributed by atoms with van der Waals surface area (Å²) in [6.45, 7) is 1.90. The van der Waals surface area contributed by atoms with Gasteiger partial charge in [-0.3, -0.25) is 10.1 Å². The van der Waals surface area contributed by atoms with E-state index in [0.29, 0.717) is 0 Å². The van der Waals surface area contributed by atoms with Crippen molar-refractivity contribution in [3.63, 3.8) is 0 Å². The van der Waals surface area contributed by atoms with E-state index >= 15 is 0 Å². The predicted molar refractivity (Wildman–Crippen MR) is 45.3 cm³/mol. The standard InChI is InChI=1S/C7H8N2O2S/c1-3-2-12-6-4(3)5(10)8-7(11)9-6/h2,4,6H,1H3,(H2,8,9,10,11)/t4-,6+/m1/s1. The van der Waals surface area contributed by atoms with E-state index in [0.717, 1.165) is 5.57 Å². The molecule has 2 aliphatic heterocycles. The van der Waals surface area contributed by atoms with Gasteiger partial charge in [-0.05, 0) is 12.3 Å². The molecule has 0 aromatic rings. The molecule has 0 aromatic carbocycles. The normalized spacial score (nSPS) is 33.6. The van der Waals surface area contributed by atoms with E-state index in [2.05, 4.69) is 10.6 Å². The Morgan fingerprint density at radius 3 is 3.00 bits per heavy atom. The number of hydrogen-bond donors (Lipinski definition) is 2. The van der Waals surface area contributed by atoms with Gasteiger partial charge in [0, 0.05) is 0 Å². The van der Waals surface area contributed by atoms with Crippen LogP contribution in [-0.4, -0.2) is 17.3 Å². The maximum absolute atomic E-state index is 11.3. The Morgan fingerprint density at radius 2 is 2.25 bits per heavy atom. The molecule has 1 fully saturated rings. The van der Waals surface area contributed by atoms with Gasteiger partial charge in [0.15, 0.2) is 0 Å². The molecular weight excluding hydrogens is 176 g/mol. The lowest BCUT2D eigenvalue weighted by atomic mass is 10.00. The minimum atomic E-state index is -0.392. The molecule has 12 heavy (non-hydrogen) atoms. The number of carbonyl (C=O) groups is 2. The molecule has 1 saturated heterocycles. The fourth-order valence-corrected chi connectivity index (χ4v) is 2.57. The Hall–Kier alpha value is -0.970. The van der Waals surface area contributed by atoms with Gasteiger partial charge in [-0.15, -0.1) is 11.8 Å². The number of hydrogen-bond acceptors (Lipinski definition) is 3. The third-order valence-electron chi connectivity index (χ3n) is 1.99. The summed E-state index contributed by atoms with van der Waals surface area (Å²) < 4.78 is 0. The average molecular weight is 184 g/mol. The number of fused-ring (bicyclic) bond motifs is 1. The minimum absolute atomic E-state index is 0.0914. The lowest BCUT2D eigenvalue weighted by molar-refractivity contribution is -0.123. The van der Waals surface area contributed by atoms with Crippen LogP contribution in [0.3, 0.4) is 0 Å². The van der Waals surface area contributed by atoms with E-state index in [1.807, 2.05) is 12.3 Å². The van der Waals surface area contributed by atoms with Crippen LogP contribution in [0.4, 0.5) is 4.79 Å². The van der Waals surface area contributed by atoms with E-state index in [1.54, 1.807) is 0 Å². The molecule has 2 rings (SSSR count). The van der Waals surface area contributed by atoms with Gasteiger partial charge < -0.3 is 5.32 Å². The quantitative estimate of drug-likeness (QED) is 0.573. The Labute approximate surface area is 73.8 Å². The van der Waals surface area contributed by atoms with Crippen molar-refractivity contribution in [3.05, 3.63) is 11.0 Å². The maximum atomic E-state index is 11.3. The monoisotopic (exact) mass is 184 g/mol. The van der Waals surface area contributed by atoms with Gasteiger partial charge in [0.25, 0.3) is 0 Å². The maximum Gasteiger partial charge on any atom is 0.322 e. The number of amides is 3. The summed E-state index contributed by atoms with van der Waals surface area (Å²) in [5.41, 5.74) is 1.02. The van der Waals surface area contributed by atoms with Crippen LogP contribution in [0.1, 0.15) is 6.92 Å². The first-order chi connectivity index (χ1) is 5.68. The van der Waals surface area contributed by atoms with Crippen molar-refractivity contribution in [2.45, 2.75) is 12.3 Å². The third kappa shape index (κ3) is 1.01. The molecule has 0 spiro atoms. The SMILES string of the molecule is CC1=CS[C@@H]2NC(=O)NC(=O)[C@@H]12. The van der Waals surface area contributed by atoms with Gasteiger partial charge in [-0.25, -0.2) is 4.79 Å². The molecule has 0 radical (unpaired) electrons. The number of carbonyl (C=O) groups excluding carboxylic acids is 2. The van der Waals surface area contributed by atoms with Gasteiger partial charge in [0.1, 0.15) is 0 Å². The smallest absolute Gasteiger partial charge is 0.322 e. The van der Waals surface area contributed by atoms with E-state index < -0.39 is 6.03 Å². The highest BCUT2D eigenvalue weighted by Crippen LogP contribution is 2.35.